The number of ether oxygens (including phenoxy) is 2. The molecule has 0 aliphatic heterocycles. The van der Waals surface area contributed by atoms with Crippen molar-refractivity contribution in [3.05, 3.63) is 74.8 Å². The number of rotatable bonds is 8. The first-order valence-electron chi connectivity index (χ1n) is 14.6. The number of aryl methyl sites for hydroxylation is 1. The molecule has 4 aromatic rings. The fraction of sp³-hybridized carbons (Fsp3) is 0.500. The molecular weight excluding hydrogens is 592 g/mol. The third-order valence-electron chi connectivity index (χ3n) is 7.84. The van der Waals surface area contributed by atoms with Crippen molar-refractivity contribution in [3.63, 3.8) is 0 Å². The van der Waals surface area contributed by atoms with E-state index in [0.29, 0.717) is 21.2 Å². The second-order valence-electron chi connectivity index (χ2n) is 12.8. The summed E-state index contributed by atoms with van der Waals surface area (Å²) in [5, 5.41) is 0.239. The summed E-state index contributed by atoms with van der Waals surface area (Å²) in [4.78, 5) is 47.2. The highest BCUT2D eigenvalue weighted by molar-refractivity contribution is 7.22. The van der Waals surface area contributed by atoms with E-state index >= 15 is 0 Å². The van der Waals surface area contributed by atoms with Crippen molar-refractivity contribution in [2.45, 2.75) is 103 Å². The van der Waals surface area contributed by atoms with Gasteiger partial charge < -0.3 is 13.9 Å². The van der Waals surface area contributed by atoms with Gasteiger partial charge in [-0.05, 0) is 65.5 Å². The molecule has 1 aromatic carbocycles. The number of benzene rings is 1. The van der Waals surface area contributed by atoms with Gasteiger partial charge in [-0.1, -0.05) is 30.3 Å². The van der Waals surface area contributed by atoms with E-state index in [1.165, 1.54) is 42.2 Å². The highest BCUT2D eigenvalue weighted by Gasteiger charge is 2.40. The predicted octanol–water partition coefficient (Wildman–Crippen LogP) is 6.60. The van der Waals surface area contributed by atoms with E-state index in [2.05, 4.69) is 4.98 Å². The second kappa shape index (κ2) is 11.7. The van der Waals surface area contributed by atoms with Gasteiger partial charge in [-0.2, -0.15) is 0 Å². The topological polar surface area (TPSA) is 106 Å². The van der Waals surface area contributed by atoms with Crippen LogP contribution in [0.2, 0.25) is 0 Å². The van der Waals surface area contributed by atoms with Gasteiger partial charge in [0.25, 0.3) is 5.56 Å². The highest BCUT2D eigenvalue weighted by atomic mass is 32.1. The van der Waals surface area contributed by atoms with E-state index in [1.807, 2.05) is 30.3 Å². The Balaban J connectivity index is 1.70. The number of esters is 1. The van der Waals surface area contributed by atoms with Gasteiger partial charge in [0.2, 0.25) is 11.8 Å². The van der Waals surface area contributed by atoms with Crippen molar-refractivity contribution in [2.24, 2.45) is 0 Å². The largest absolute Gasteiger partial charge is 0.458 e. The molecular formula is C32H37F2N3O6S. The minimum atomic E-state index is -2.72. The maximum absolute atomic E-state index is 14.4. The molecule has 1 unspecified atom stereocenters. The van der Waals surface area contributed by atoms with Crippen LogP contribution >= 0.6 is 11.3 Å². The van der Waals surface area contributed by atoms with Crippen LogP contribution in [0.25, 0.3) is 21.0 Å². The SMILES string of the molecule is Cc1c(-c2ncco2)sc2c1c(=O)n(C(C)(C)C(=O)OC(C)(C)C)c(=O)n2CC(OC1CCC(F)(F)CC1)c1ccccc1. The minimum absolute atomic E-state index is 0.0398. The molecule has 0 N–H and O–H groups in total. The predicted molar refractivity (Wildman–Crippen MR) is 163 cm³/mol. The third kappa shape index (κ3) is 6.28. The Morgan fingerprint density at radius 1 is 1.14 bits per heavy atom. The first kappa shape index (κ1) is 31.8. The first-order valence-corrected chi connectivity index (χ1v) is 15.4. The Hall–Kier alpha value is -3.64. The lowest BCUT2D eigenvalue weighted by molar-refractivity contribution is -0.164. The zero-order chi connectivity index (χ0) is 32.0. The summed E-state index contributed by atoms with van der Waals surface area (Å²) in [5.74, 6) is -3.17. The molecule has 1 saturated carbocycles. The van der Waals surface area contributed by atoms with Crippen LogP contribution in [-0.4, -0.2) is 37.7 Å². The number of carbonyl (C=O) groups excluding carboxylic acids is 1. The van der Waals surface area contributed by atoms with Crippen LogP contribution in [0.1, 0.15) is 77.5 Å². The molecule has 12 heteroatoms. The van der Waals surface area contributed by atoms with Crippen LogP contribution in [-0.2, 0) is 26.4 Å². The highest BCUT2D eigenvalue weighted by Crippen LogP contribution is 2.39. The van der Waals surface area contributed by atoms with Crippen molar-refractivity contribution in [3.8, 4) is 10.8 Å². The standard InChI is InChI=1S/C32H37F2N3O6S/c1-19-23-26(38)37(31(5,6)28(39)43-30(2,3)4)29(40)36(27(23)44-24(19)25-35-16-17-41-25)18-22(20-10-8-7-9-11-20)42-21-12-14-32(33,34)15-13-21/h7-11,16-17,21-22H,12-15,18H2,1-6H3. The van der Waals surface area contributed by atoms with Gasteiger partial charge in [0.05, 0.1) is 29.1 Å². The Morgan fingerprint density at radius 2 is 1.80 bits per heavy atom. The molecule has 1 aliphatic rings. The lowest BCUT2D eigenvalue weighted by Gasteiger charge is -2.32. The number of hydrogen-bond donors (Lipinski definition) is 0. The average Bonchev–Trinajstić information content (AvgIpc) is 3.59. The van der Waals surface area contributed by atoms with Crippen molar-refractivity contribution in [1.29, 1.82) is 0 Å². The Kier molecular flexibility index (Phi) is 8.45. The quantitative estimate of drug-likeness (QED) is 0.202. The molecule has 0 amide bonds. The molecule has 0 spiro atoms. The van der Waals surface area contributed by atoms with E-state index in [0.717, 1.165) is 10.1 Å². The fourth-order valence-electron chi connectivity index (χ4n) is 5.48. The molecule has 9 nitrogen and oxygen atoms in total. The lowest BCUT2D eigenvalue weighted by atomic mass is 9.94. The molecule has 236 valence electrons. The molecule has 3 aromatic heterocycles. The molecule has 1 aliphatic carbocycles. The summed E-state index contributed by atoms with van der Waals surface area (Å²) in [7, 11) is 0. The Bertz CT molecular complexity index is 1760. The zero-order valence-corrected chi connectivity index (χ0v) is 26.5. The summed E-state index contributed by atoms with van der Waals surface area (Å²) in [6, 6.07) is 9.22. The number of nitrogens with zero attached hydrogens (tertiary/aromatic N) is 3. The number of fused-ring (bicyclic) bond motifs is 1. The normalized spacial score (nSPS) is 16.7. The molecule has 1 atom stereocenters. The van der Waals surface area contributed by atoms with Crippen molar-refractivity contribution >= 4 is 27.5 Å². The van der Waals surface area contributed by atoms with Gasteiger partial charge in [-0.25, -0.2) is 27.9 Å². The molecule has 0 saturated heterocycles. The van der Waals surface area contributed by atoms with E-state index < -0.39 is 46.5 Å². The van der Waals surface area contributed by atoms with E-state index in [4.69, 9.17) is 13.9 Å². The molecule has 44 heavy (non-hydrogen) atoms. The maximum atomic E-state index is 14.4. The maximum Gasteiger partial charge on any atom is 0.333 e. The summed E-state index contributed by atoms with van der Waals surface area (Å²) in [6.45, 7) is 9.78. The first-order chi connectivity index (χ1) is 20.6. The third-order valence-corrected chi connectivity index (χ3v) is 9.14. The number of oxazole rings is 1. The smallest absolute Gasteiger partial charge is 0.333 e. The van der Waals surface area contributed by atoms with Gasteiger partial charge in [-0.3, -0.25) is 9.36 Å². The summed E-state index contributed by atoms with van der Waals surface area (Å²) < 4.78 is 47.9. The van der Waals surface area contributed by atoms with Crippen molar-refractivity contribution < 1.29 is 27.5 Å². The number of thiophene rings is 1. The monoisotopic (exact) mass is 629 g/mol. The number of alkyl halides is 2. The number of carbonyl (C=O) groups is 1. The molecule has 0 bridgehead atoms. The van der Waals surface area contributed by atoms with Gasteiger partial charge in [0.1, 0.15) is 28.3 Å². The summed E-state index contributed by atoms with van der Waals surface area (Å²) in [6.07, 6.45) is 1.56. The zero-order valence-electron chi connectivity index (χ0n) is 25.7. The molecule has 1 fully saturated rings. The van der Waals surface area contributed by atoms with Crippen LogP contribution in [0.3, 0.4) is 0 Å². The molecule has 5 rings (SSSR count). The molecule has 0 radical (unpaired) electrons. The number of aromatic nitrogens is 3. The lowest BCUT2D eigenvalue weighted by Crippen LogP contribution is -2.54. The van der Waals surface area contributed by atoms with Gasteiger partial charge in [0.15, 0.2) is 0 Å². The van der Waals surface area contributed by atoms with Gasteiger partial charge >= 0.3 is 11.7 Å². The summed E-state index contributed by atoms with van der Waals surface area (Å²) in [5.41, 5.74) is -2.61. The molecule has 3 heterocycles. The average molecular weight is 630 g/mol. The van der Waals surface area contributed by atoms with E-state index in [1.54, 1.807) is 27.7 Å². The van der Waals surface area contributed by atoms with Gasteiger partial charge in [-0.15, -0.1) is 11.3 Å². The Morgan fingerprint density at radius 3 is 2.39 bits per heavy atom. The number of hydrogen-bond acceptors (Lipinski definition) is 8. The van der Waals surface area contributed by atoms with Crippen LogP contribution in [0.15, 0.2) is 56.8 Å². The second-order valence-corrected chi connectivity index (χ2v) is 13.8. The van der Waals surface area contributed by atoms with Gasteiger partial charge in [0, 0.05) is 12.8 Å². The van der Waals surface area contributed by atoms with Crippen LogP contribution in [0.4, 0.5) is 8.78 Å². The van der Waals surface area contributed by atoms with Crippen molar-refractivity contribution in [2.75, 3.05) is 0 Å². The van der Waals surface area contributed by atoms with Crippen LogP contribution in [0, 0.1) is 6.92 Å². The van der Waals surface area contributed by atoms with Crippen LogP contribution in [0.5, 0.6) is 0 Å². The Labute approximate surface area is 257 Å². The van der Waals surface area contributed by atoms with Crippen molar-refractivity contribution in [1.82, 2.24) is 14.1 Å². The van der Waals surface area contributed by atoms with E-state index in [-0.39, 0.29) is 37.6 Å². The van der Waals surface area contributed by atoms with E-state index in [9.17, 15) is 23.2 Å². The number of halogens is 2. The summed E-state index contributed by atoms with van der Waals surface area (Å²) >= 11 is 1.18. The van der Waals surface area contributed by atoms with Crippen LogP contribution < -0.4 is 11.2 Å². The minimum Gasteiger partial charge on any atom is -0.458 e. The fourth-order valence-corrected chi connectivity index (χ4v) is 6.72.